The summed E-state index contributed by atoms with van der Waals surface area (Å²) in [4.78, 5) is 54.1. The summed E-state index contributed by atoms with van der Waals surface area (Å²) in [5.41, 5.74) is 15.1. The van der Waals surface area contributed by atoms with Crippen LogP contribution in [0.1, 0.15) is 54.4 Å². The maximum atomic E-state index is 12.8. The Bertz CT molecular complexity index is 756. The number of rotatable bonds is 11. The Morgan fingerprint density at radius 3 is 1.52 bits per heavy atom. The predicted octanol–water partition coefficient (Wildman–Crippen LogP) is -0.132. The van der Waals surface area contributed by atoms with Crippen molar-refractivity contribution >= 4 is 27.1 Å². The average molecular weight is 521 g/mol. The van der Waals surface area contributed by atoms with Crippen molar-refractivity contribution in [3.63, 3.8) is 0 Å². The van der Waals surface area contributed by atoms with Gasteiger partial charge in [0.2, 0.25) is 0 Å². The summed E-state index contributed by atoms with van der Waals surface area (Å²) in [6, 6.07) is -2.65. The monoisotopic (exact) mass is 521 g/mol. The smallest absolute Gasteiger partial charge is 0.377 e. The molecule has 0 aliphatic carbocycles. The molecule has 0 fully saturated rings. The van der Waals surface area contributed by atoms with Crippen LogP contribution in [0.4, 0.5) is 0 Å². The number of carbonyl (C=O) groups excluding carboxylic acids is 2. The highest BCUT2D eigenvalue weighted by Gasteiger charge is 2.61. The van der Waals surface area contributed by atoms with Gasteiger partial charge in [0.25, 0.3) is 5.08 Å². The molecular weight excluding hydrogens is 484 g/mol. The number of hydrogen-bond acceptors (Lipinski definition) is 11. The first kappa shape index (κ1) is 32.1. The fraction of sp³-hybridized carbons (Fsp3) is 0.882. The third kappa shape index (κ3) is 8.66. The number of carbonyl (C=O) groups is 2. The van der Waals surface area contributed by atoms with E-state index >= 15 is 0 Å². The van der Waals surface area contributed by atoms with Gasteiger partial charge < -0.3 is 46.5 Å². The number of esters is 2. The van der Waals surface area contributed by atoms with Crippen molar-refractivity contribution in [2.24, 2.45) is 28.0 Å². The Morgan fingerprint density at radius 2 is 1.24 bits per heavy atom. The minimum atomic E-state index is -5.78. The Hall–Kier alpha value is -0.920. The van der Waals surface area contributed by atoms with Crippen LogP contribution in [0.15, 0.2) is 0 Å². The molecule has 0 saturated heterocycles. The van der Waals surface area contributed by atoms with Crippen molar-refractivity contribution in [3.8, 4) is 0 Å². The van der Waals surface area contributed by atoms with E-state index in [1.165, 1.54) is 0 Å². The Labute approximate surface area is 192 Å². The minimum absolute atomic E-state index is 0.198. The van der Waals surface area contributed by atoms with Crippen molar-refractivity contribution in [2.45, 2.75) is 78.0 Å². The molecule has 0 rings (SSSR count). The molecule has 0 aromatic heterocycles. The van der Waals surface area contributed by atoms with E-state index in [1.54, 1.807) is 41.5 Å². The molecule has 0 aromatic carbocycles. The van der Waals surface area contributed by atoms with Gasteiger partial charge in [-0.3, -0.25) is 18.7 Å². The quantitative estimate of drug-likeness (QED) is 0.106. The van der Waals surface area contributed by atoms with Gasteiger partial charge in [-0.05, 0) is 23.8 Å². The Morgan fingerprint density at radius 1 is 0.879 bits per heavy atom. The van der Waals surface area contributed by atoms with Crippen molar-refractivity contribution in [2.75, 3.05) is 6.54 Å². The lowest BCUT2D eigenvalue weighted by Crippen LogP contribution is -2.48. The molecule has 4 atom stereocenters. The van der Waals surface area contributed by atoms with E-state index in [1.807, 2.05) is 0 Å². The van der Waals surface area contributed by atoms with E-state index in [0.29, 0.717) is 0 Å². The van der Waals surface area contributed by atoms with E-state index in [-0.39, 0.29) is 13.0 Å². The molecule has 0 radical (unpaired) electrons. The van der Waals surface area contributed by atoms with E-state index in [9.17, 15) is 38.5 Å². The fourth-order valence-electron chi connectivity index (χ4n) is 2.10. The van der Waals surface area contributed by atoms with Gasteiger partial charge in [-0.1, -0.05) is 41.5 Å². The maximum Gasteiger partial charge on any atom is 0.377 e. The van der Waals surface area contributed by atoms with Crippen LogP contribution in [-0.4, -0.2) is 61.9 Å². The van der Waals surface area contributed by atoms with Crippen LogP contribution in [0.25, 0.3) is 0 Å². The summed E-state index contributed by atoms with van der Waals surface area (Å²) in [5.74, 6) is -2.46. The van der Waals surface area contributed by atoms with Gasteiger partial charge >= 0.3 is 33.6 Å². The van der Waals surface area contributed by atoms with Gasteiger partial charge in [-0.25, -0.2) is 4.52 Å². The molecule has 0 aliphatic heterocycles. The Kier molecular flexibility index (Phi) is 10.9. The number of nitrogens with two attached hydrogens (primary N) is 3. The fourth-order valence-corrected chi connectivity index (χ4v) is 4.94. The molecule has 2 unspecified atom stereocenters. The number of ether oxygens (including phenoxy) is 2. The van der Waals surface area contributed by atoms with Crippen molar-refractivity contribution in [1.82, 2.24) is 0 Å². The molecule has 0 aliphatic rings. The van der Waals surface area contributed by atoms with Crippen LogP contribution >= 0.6 is 15.2 Å². The molecule has 0 bridgehead atoms. The minimum Gasteiger partial charge on any atom is -0.399 e. The summed E-state index contributed by atoms with van der Waals surface area (Å²) in [5, 5.41) is 6.78. The topological polar surface area (TPSA) is 255 Å². The first-order valence-corrected chi connectivity index (χ1v) is 13.1. The first-order valence-electron chi connectivity index (χ1n) is 9.93. The SMILES string of the molecule is CC(C)(C)[C@H](N)C(=O)OC(OC(=O)[C@@H](N)C(C)(C)C)OP(=O)(O)C(O)(CCCN)P(=O)(O)O. The standard InChI is InChI=1S/C17H37N3O11P2/c1-15(2,3)10(19)12(21)29-14(30-13(22)11(20)16(4,5)6)31-33(27,28)17(23,8-7-9-18)32(24,25)26/h10-11,14,23H,7-9,18-20H2,1-6H3,(H,27,28)(H2,24,25,26)/t10-,11-,17?/m1/s1. The lowest BCUT2D eigenvalue weighted by atomic mass is 9.87. The van der Waals surface area contributed by atoms with Gasteiger partial charge in [0.15, 0.2) is 0 Å². The summed E-state index contributed by atoms with van der Waals surface area (Å²) in [7, 11) is -11.5. The maximum absolute atomic E-state index is 12.8. The van der Waals surface area contributed by atoms with Crippen molar-refractivity contribution in [1.29, 1.82) is 0 Å². The van der Waals surface area contributed by atoms with Gasteiger partial charge in [-0.2, -0.15) is 0 Å². The zero-order valence-corrected chi connectivity index (χ0v) is 21.4. The highest BCUT2D eigenvalue weighted by atomic mass is 31.2. The van der Waals surface area contributed by atoms with Crippen LogP contribution < -0.4 is 17.2 Å². The zero-order valence-electron chi connectivity index (χ0n) is 19.6. The molecule has 0 spiro atoms. The van der Waals surface area contributed by atoms with Crippen LogP contribution in [-0.2, 0) is 32.7 Å². The van der Waals surface area contributed by atoms with Gasteiger partial charge in [0.05, 0.1) is 0 Å². The lowest BCUT2D eigenvalue weighted by Gasteiger charge is -2.34. The highest BCUT2D eigenvalue weighted by Crippen LogP contribution is 2.72. The Balaban J connectivity index is 6.15. The van der Waals surface area contributed by atoms with E-state index < -0.39 is 68.0 Å². The molecule has 0 amide bonds. The normalized spacial score (nSPS) is 18.7. The highest BCUT2D eigenvalue weighted by molar-refractivity contribution is 7.72. The zero-order chi connectivity index (χ0) is 26.6. The number of aliphatic hydroxyl groups is 1. The largest absolute Gasteiger partial charge is 0.399 e. The third-order valence-electron chi connectivity index (χ3n) is 4.66. The van der Waals surface area contributed by atoms with Crippen LogP contribution in [0.3, 0.4) is 0 Å². The molecule has 16 heteroatoms. The molecule has 0 heterocycles. The molecule has 0 aromatic rings. The first-order chi connectivity index (χ1) is 14.5. The molecule has 10 N–H and O–H groups in total. The molecule has 0 saturated carbocycles. The van der Waals surface area contributed by atoms with Gasteiger partial charge in [0.1, 0.15) is 12.1 Å². The van der Waals surface area contributed by atoms with E-state index in [0.717, 1.165) is 0 Å². The summed E-state index contributed by atoms with van der Waals surface area (Å²) in [6.07, 6.45) is -1.25. The second-order valence-corrected chi connectivity index (χ2v) is 13.9. The van der Waals surface area contributed by atoms with Crippen molar-refractivity contribution in [3.05, 3.63) is 0 Å². The average Bonchev–Trinajstić information content (AvgIpc) is 2.61. The van der Waals surface area contributed by atoms with E-state index in [4.69, 9.17) is 26.7 Å². The predicted molar refractivity (Wildman–Crippen MR) is 117 cm³/mol. The van der Waals surface area contributed by atoms with Crippen molar-refractivity contribution < 1.29 is 52.5 Å². The summed E-state index contributed by atoms with van der Waals surface area (Å²) >= 11 is 0. The van der Waals surface area contributed by atoms with Crippen LogP contribution in [0.5, 0.6) is 0 Å². The molecule has 196 valence electrons. The number of hydrogen-bond donors (Lipinski definition) is 7. The van der Waals surface area contributed by atoms with Gasteiger partial charge in [0, 0.05) is 6.42 Å². The summed E-state index contributed by atoms with van der Waals surface area (Å²) in [6.45, 7) is 6.65. The molecular formula is C17H37N3O11P2. The second kappa shape index (κ2) is 11.2. The third-order valence-corrected chi connectivity index (χ3v) is 8.95. The van der Waals surface area contributed by atoms with Gasteiger partial charge in [-0.15, -0.1) is 0 Å². The molecule has 14 nitrogen and oxygen atoms in total. The van der Waals surface area contributed by atoms with Crippen LogP contribution in [0, 0.1) is 10.8 Å². The van der Waals surface area contributed by atoms with E-state index in [2.05, 4.69) is 4.52 Å². The second-order valence-electron chi connectivity index (χ2n) is 9.69. The van der Waals surface area contributed by atoms with Crippen LogP contribution in [0.2, 0.25) is 0 Å². The lowest BCUT2D eigenvalue weighted by molar-refractivity contribution is -0.242. The molecule has 33 heavy (non-hydrogen) atoms. The summed E-state index contributed by atoms with van der Waals surface area (Å²) < 4.78 is 38.9.